The van der Waals surface area contributed by atoms with Gasteiger partial charge in [-0.3, -0.25) is 14.5 Å². The van der Waals surface area contributed by atoms with E-state index in [0.717, 1.165) is 10.0 Å². The van der Waals surface area contributed by atoms with Gasteiger partial charge in [0.2, 0.25) is 5.91 Å². The summed E-state index contributed by atoms with van der Waals surface area (Å²) in [4.78, 5) is 26.6. The minimum atomic E-state index is -0.870. The van der Waals surface area contributed by atoms with Crippen LogP contribution in [0, 0.1) is 0 Å². The molecule has 7 heteroatoms. The highest BCUT2D eigenvalue weighted by Crippen LogP contribution is 2.14. The van der Waals surface area contributed by atoms with Gasteiger partial charge in [-0.2, -0.15) is 0 Å². The zero-order valence-electron chi connectivity index (χ0n) is 13.1. The lowest BCUT2D eigenvalue weighted by Gasteiger charge is -2.34. The standard InChI is InChI=1S/C16H21BrN2O4/c1-18(11-16(21)22)9-14-10-19(5-6-23-14)15(20)8-12-3-2-4-13(17)7-12/h2-4,7,14H,5-6,8-11H2,1H3,(H,21,22)/t14-/m1/s1. The zero-order valence-corrected chi connectivity index (χ0v) is 14.7. The van der Waals surface area contributed by atoms with Crippen LogP contribution >= 0.6 is 15.9 Å². The van der Waals surface area contributed by atoms with Gasteiger partial charge in [-0.25, -0.2) is 0 Å². The minimum absolute atomic E-state index is 0.0359. The van der Waals surface area contributed by atoms with Crippen LogP contribution in [-0.4, -0.2) is 72.7 Å². The van der Waals surface area contributed by atoms with Crippen molar-refractivity contribution in [3.63, 3.8) is 0 Å². The van der Waals surface area contributed by atoms with Gasteiger partial charge in [0, 0.05) is 24.1 Å². The molecule has 0 aliphatic carbocycles. The second-order valence-electron chi connectivity index (χ2n) is 5.73. The number of carboxylic acids is 1. The number of aliphatic carboxylic acids is 1. The molecule has 1 aliphatic rings. The first-order valence-electron chi connectivity index (χ1n) is 7.48. The van der Waals surface area contributed by atoms with Gasteiger partial charge in [0.15, 0.2) is 0 Å². The smallest absolute Gasteiger partial charge is 0.317 e. The summed E-state index contributed by atoms with van der Waals surface area (Å²) < 4.78 is 6.60. The molecule has 1 aromatic carbocycles. The van der Waals surface area contributed by atoms with E-state index in [0.29, 0.717) is 32.7 Å². The van der Waals surface area contributed by atoms with Crippen LogP contribution in [0.5, 0.6) is 0 Å². The summed E-state index contributed by atoms with van der Waals surface area (Å²) >= 11 is 3.41. The monoisotopic (exact) mass is 384 g/mol. The number of ether oxygens (including phenoxy) is 1. The number of rotatable bonds is 6. The highest BCUT2D eigenvalue weighted by atomic mass is 79.9. The number of nitrogens with zero attached hydrogens (tertiary/aromatic N) is 2. The molecule has 126 valence electrons. The van der Waals surface area contributed by atoms with E-state index in [9.17, 15) is 9.59 Å². The Morgan fingerprint density at radius 3 is 2.96 bits per heavy atom. The highest BCUT2D eigenvalue weighted by molar-refractivity contribution is 9.10. The molecule has 0 aromatic heterocycles. The molecule has 0 saturated carbocycles. The Morgan fingerprint density at radius 1 is 1.48 bits per heavy atom. The number of benzene rings is 1. The van der Waals surface area contributed by atoms with Gasteiger partial charge in [0.05, 0.1) is 25.7 Å². The molecule has 1 heterocycles. The molecule has 1 aromatic rings. The Morgan fingerprint density at radius 2 is 2.26 bits per heavy atom. The molecular formula is C16H21BrN2O4. The first-order valence-corrected chi connectivity index (χ1v) is 8.27. The van der Waals surface area contributed by atoms with E-state index >= 15 is 0 Å². The number of morpholine rings is 1. The zero-order chi connectivity index (χ0) is 16.8. The van der Waals surface area contributed by atoms with Crippen molar-refractivity contribution in [1.29, 1.82) is 0 Å². The summed E-state index contributed by atoms with van der Waals surface area (Å²) in [7, 11) is 1.74. The fraction of sp³-hybridized carbons (Fsp3) is 0.500. The first kappa shape index (κ1) is 17.9. The van der Waals surface area contributed by atoms with Gasteiger partial charge >= 0.3 is 5.97 Å². The molecular weight excluding hydrogens is 364 g/mol. The summed E-state index contributed by atoms with van der Waals surface area (Å²) in [5.74, 6) is -0.803. The van der Waals surface area contributed by atoms with E-state index in [4.69, 9.17) is 9.84 Å². The summed E-state index contributed by atoms with van der Waals surface area (Å²) in [6.45, 7) is 2.01. The van der Waals surface area contributed by atoms with Gasteiger partial charge in [0.25, 0.3) is 0 Å². The highest BCUT2D eigenvalue weighted by Gasteiger charge is 2.25. The van der Waals surface area contributed by atoms with Crippen molar-refractivity contribution in [3.05, 3.63) is 34.3 Å². The summed E-state index contributed by atoms with van der Waals surface area (Å²) in [6, 6.07) is 7.71. The number of hydrogen-bond acceptors (Lipinski definition) is 4. The number of carbonyl (C=O) groups is 2. The van der Waals surface area contributed by atoms with Crippen LogP contribution in [0.25, 0.3) is 0 Å². The van der Waals surface area contributed by atoms with Crippen molar-refractivity contribution < 1.29 is 19.4 Å². The molecule has 1 N–H and O–H groups in total. The molecule has 23 heavy (non-hydrogen) atoms. The van der Waals surface area contributed by atoms with Gasteiger partial charge in [-0.1, -0.05) is 28.1 Å². The lowest BCUT2D eigenvalue weighted by molar-refractivity contribution is -0.142. The predicted molar refractivity (Wildman–Crippen MR) is 89.3 cm³/mol. The maximum atomic E-state index is 12.4. The third-order valence-corrected chi connectivity index (χ3v) is 4.15. The van der Waals surface area contributed by atoms with Crippen molar-refractivity contribution in [1.82, 2.24) is 9.80 Å². The molecule has 0 radical (unpaired) electrons. The summed E-state index contributed by atoms with van der Waals surface area (Å²) in [5.41, 5.74) is 0.968. The average Bonchev–Trinajstić information content (AvgIpc) is 2.46. The number of amides is 1. The Balaban J connectivity index is 1.87. The fourth-order valence-corrected chi connectivity index (χ4v) is 3.08. The van der Waals surface area contributed by atoms with Gasteiger partial charge < -0.3 is 14.7 Å². The lowest BCUT2D eigenvalue weighted by atomic mass is 10.1. The molecule has 1 atom stereocenters. The topological polar surface area (TPSA) is 70.1 Å². The van der Waals surface area contributed by atoms with E-state index in [1.807, 2.05) is 24.3 Å². The van der Waals surface area contributed by atoms with Crippen molar-refractivity contribution in [3.8, 4) is 0 Å². The second-order valence-corrected chi connectivity index (χ2v) is 6.65. The van der Waals surface area contributed by atoms with Crippen molar-refractivity contribution in [2.75, 3.05) is 39.8 Å². The van der Waals surface area contributed by atoms with E-state index in [2.05, 4.69) is 15.9 Å². The van der Waals surface area contributed by atoms with Crippen LogP contribution in [0.1, 0.15) is 5.56 Å². The van der Waals surface area contributed by atoms with Crippen LogP contribution in [-0.2, 0) is 20.7 Å². The number of hydrogen-bond donors (Lipinski definition) is 1. The lowest BCUT2D eigenvalue weighted by Crippen LogP contribution is -2.50. The van der Waals surface area contributed by atoms with Crippen molar-refractivity contribution in [2.24, 2.45) is 0 Å². The Labute approximate surface area is 144 Å². The summed E-state index contributed by atoms with van der Waals surface area (Å²) in [6.07, 6.45) is 0.205. The summed E-state index contributed by atoms with van der Waals surface area (Å²) in [5, 5.41) is 8.79. The normalized spacial score (nSPS) is 18.2. The van der Waals surface area contributed by atoms with E-state index in [1.54, 1.807) is 16.8 Å². The van der Waals surface area contributed by atoms with Crippen LogP contribution in [0.4, 0.5) is 0 Å². The van der Waals surface area contributed by atoms with Crippen LogP contribution in [0.3, 0.4) is 0 Å². The second kappa shape index (κ2) is 8.42. The maximum Gasteiger partial charge on any atom is 0.317 e. The fourth-order valence-electron chi connectivity index (χ4n) is 2.63. The average molecular weight is 385 g/mol. The van der Waals surface area contributed by atoms with Crippen LogP contribution < -0.4 is 0 Å². The van der Waals surface area contributed by atoms with Gasteiger partial charge in [-0.15, -0.1) is 0 Å². The molecule has 1 aliphatic heterocycles. The molecule has 6 nitrogen and oxygen atoms in total. The molecule has 0 bridgehead atoms. The first-order chi connectivity index (χ1) is 10.9. The predicted octanol–water partition coefficient (Wildman–Crippen LogP) is 1.24. The number of carbonyl (C=O) groups excluding carboxylic acids is 1. The van der Waals surface area contributed by atoms with Gasteiger partial charge in [0.1, 0.15) is 0 Å². The largest absolute Gasteiger partial charge is 0.480 e. The molecule has 1 fully saturated rings. The molecule has 1 amide bonds. The maximum absolute atomic E-state index is 12.4. The van der Waals surface area contributed by atoms with Crippen molar-refractivity contribution >= 4 is 27.8 Å². The van der Waals surface area contributed by atoms with Crippen LogP contribution in [0.2, 0.25) is 0 Å². The van der Waals surface area contributed by atoms with Crippen molar-refractivity contribution in [2.45, 2.75) is 12.5 Å². The minimum Gasteiger partial charge on any atom is -0.480 e. The molecule has 0 spiro atoms. The third-order valence-electron chi connectivity index (χ3n) is 3.66. The third kappa shape index (κ3) is 5.93. The number of carboxylic acid groups (broad SMARTS) is 1. The quantitative estimate of drug-likeness (QED) is 0.798. The molecule has 1 saturated heterocycles. The Hall–Kier alpha value is -1.44. The Bertz CT molecular complexity index is 567. The molecule has 2 rings (SSSR count). The van der Waals surface area contributed by atoms with Gasteiger partial charge in [-0.05, 0) is 24.7 Å². The van der Waals surface area contributed by atoms with E-state index in [-0.39, 0.29) is 18.6 Å². The Kier molecular flexibility index (Phi) is 6.56. The number of halogens is 1. The SMILES string of the molecule is CN(CC(=O)O)C[C@@H]1CN(C(=O)Cc2cccc(Br)c2)CCO1. The van der Waals surface area contributed by atoms with Crippen LogP contribution in [0.15, 0.2) is 28.7 Å². The van der Waals surface area contributed by atoms with E-state index in [1.165, 1.54) is 0 Å². The number of likely N-dealkylation sites (N-methyl/N-ethyl adjacent to an activating group) is 1. The molecule has 0 unspecified atom stereocenters. The van der Waals surface area contributed by atoms with E-state index < -0.39 is 5.97 Å².